The van der Waals surface area contributed by atoms with Crippen LogP contribution in [0.3, 0.4) is 0 Å². The van der Waals surface area contributed by atoms with Crippen LogP contribution < -0.4 is 5.32 Å². The maximum Gasteiger partial charge on any atom is 0.343 e. The van der Waals surface area contributed by atoms with Gasteiger partial charge < -0.3 is 10.1 Å². The monoisotopic (exact) mass is 257 g/mol. The maximum absolute atomic E-state index is 11.6. The van der Waals surface area contributed by atoms with Gasteiger partial charge in [0.05, 0.1) is 7.11 Å². The molecule has 1 N–H and O–H groups in total. The summed E-state index contributed by atoms with van der Waals surface area (Å²) in [6.07, 6.45) is 2.83. The Bertz CT molecular complexity index is 611. The normalized spacial score (nSPS) is 10.1. The number of anilines is 2. The molecular weight excluding hydrogens is 242 g/mol. The molecule has 0 saturated heterocycles. The maximum atomic E-state index is 11.6. The van der Waals surface area contributed by atoms with E-state index in [-0.39, 0.29) is 0 Å². The average molecular weight is 257 g/mol. The van der Waals surface area contributed by atoms with Gasteiger partial charge in [0.1, 0.15) is 17.7 Å². The van der Waals surface area contributed by atoms with Gasteiger partial charge in [-0.2, -0.15) is 0 Å². The third kappa shape index (κ3) is 2.70. The number of aryl methyl sites for hydroxylation is 1. The molecule has 0 fully saturated rings. The third-order valence-corrected chi connectivity index (χ3v) is 2.98. The first-order valence-electron chi connectivity index (χ1n) is 5.85. The lowest BCUT2D eigenvalue weighted by molar-refractivity contribution is 0.0601. The van der Waals surface area contributed by atoms with Crippen molar-refractivity contribution in [2.45, 2.75) is 13.8 Å². The quantitative estimate of drug-likeness (QED) is 0.856. The van der Waals surface area contributed by atoms with Crippen molar-refractivity contribution < 1.29 is 9.53 Å². The summed E-state index contributed by atoms with van der Waals surface area (Å²) < 4.78 is 4.71. The van der Waals surface area contributed by atoms with Crippen molar-refractivity contribution in [2.24, 2.45) is 0 Å². The molecule has 0 saturated carbocycles. The zero-order valence-electron chi connectivity index (χ0n) is 11.1. The molecule has 1 aromatic carbocycles. The predicted molar refractivity (Wildman–Crippen MR) is 72.6 cm³/mol. The summed E-state index contributed by atoms with van der Waals surface area (Å²) >= 11 is 0. The number of nitrogens with zero attached hydrogens (tertiary/aromatic N) is 2. The van der Waals surface area contributed by atoms with Gasteiger partial charge in [-0.15, -0.1) is 0 Å². The molecular formula is C14H15N3O2. The van der Waals surface area contributed by atoms with E-state index in [0.29, 0.717) is 11.4 Å². The number of benzene rings is 1. The van der Waals surface area contributed by atoms with E-state index in [0.717, 1.165) is 11.3 Å². The third-order valence-electron chi connectivity index (χ3n) is 2.98. The van der Waals surface area contributed by atoms with Crippen LogP contribution >= 0.6 is 0 Å². The lowest BCUT2D eigenvalue weighted by atomic mass is 10.1. The van der Waals surface area contributed by atoms with E-state index in [4.69, 9.17) is 4.74 Å². The molecule has 19 heavy (non-hydrogen) atoms. The summed E-state index contributed by atoms with van der Waals surface area (Å²) in [7, 11) is 1.33. The number of carbonyl (C=O) groups excluding carboxylic acids is 1. The first-order valence-corrected chi connectivity index (χ1v) is 5.85. The average Bonchev–Trinajstić information content (AvgIpc) is 2.43. The summed E-state index contributed by atoms with van der Waals surface area (Å²) in [5, 5.41) is 3.14. The van der Waals surface area contributed by atoms with Crippen LogP contribution in [0, 0.1) is 13.8 Å². The van der Waals surface area contributed by atoms with Gasteiger partial charge in [0.15, 0.2) is 0 Å². The summed E-state index contributed by atoms with van der Waals surface area (Å²) in [5.41, 5.74) is 3.49. The van der Waals surface area contributed by atoms with Gasteiger partial charge >= 0.3 is 5.97 Å². The molecule has 0 aliphatic carbocycles. The smallest absolute Gasteiger partial charge is 0.343 e. The van der Waals surface area contributed by atoms with Crippen LogP contribution in [-0.2, 0) is 4.74 Å². The van der Waals surface area contributed by atoms with E-state index in [1.165, 1.54) is 25.2 Å². The molecule has 0 unspecified atom stereocenters. The van der Waals surface area contributed by atoms with Crippen LogP contribution in [0.25, 0.3) is 0 Å². The molecule has 5 nitrogen and oxygen atoms in total. The highest BCUT2D eigenvalue weighted by atomic mass is 16.5. The Balaban J connectivity index is 2.39. The van der Waals surface area contributed by atoms with Crippen LogP contribution in [0.1, 0.15) is 21.5 Å². The summed E-state index contributed by atoms with van der Waals surface area (Å²) in [6.45, 7) is 4.04. The zero-order chi connectivity index (χ0) is 13.8. The fraction of sp³-hybridized carbons (Fsp3) is 0.214. The number of nitrogens with one attached hydrogen (secondary N) is 1. The molecule has 0 amide bonds. The molecule has 0 aliphatic heterocycles. The van der Waals surface area contributed by atoms with Crippen molar-refractivity contribution in [1.82, 2.24) is 9.97 Å². The van der Waals surface area contributed by atoms with Crippen LogP contribution in [0.15, 0.2) is 30.7 Å². The SMILES string of the molecule is COC(=O)c1cncnc1Nc1cccc(C)c1C. The summed E-state index contributed by atoms with van der Waals surface area (Å²) in [6, 6.07) is 5.91. The van der Waals surface area contributed by atoms with E-state index in [2.05, 4.69) is 15.3 Å². The molecule has 0 bridgehead atoms. The second kappa shape index (κ2) is 5.48. The molecule has 98 valence electrons. The Hall–Kier alpha value is -2.43. The van der Waals surface area contributed by atoms with Gasteiger partial charge in [-0.25, -0.2) is 14.8 Å². The van der Waals surface area contributed by atoms with Gasteiger partial charge in [0.25, 0.3) is 0 Å². The Morgan fingerprint density at radius 3 is 2.84 bits per heavy atom. The van der Waals surface area contributed by atoms with Crippen molar-refractivity contribution in [3.8, 4) is 0 Å². The van der Waals surface area contributed by atoms with Crippen molar-refractivity contribution in [2.75, 3.05) is 12.4 Å². The number of rotatable bonds is 3. The van der Waals surface area contributed by atoms with E-state index in [1.807, 2.05) is 32.0 Å². The molecule has 1 aromatic heterocycles. The molecule has 0 radical (unpaired) electrons. The van der Waals surface area contributed by atoms with Gasteiger partial charge in [0.2, 0.25) is 0 Å². The van der Waals surface area contributed by atoms with E-state index in [9.17, 15) is 4.79 Å². The van der Waals surface area contributed by atoms with Crippen LogP contribution in [0.4, 0.5) is 11.5 Å². The molecule has 5 heteroatoms. The Labute approximate surface area is 111 Å². The van der Waals surface area contributed by atoms with Crippen LogP contribution in [-0.4, -0.2) is 23.0 Å². The van der Waals surface area contributed by atoms with E-state index < -0.39 is 5.97 Å². The Kier molecular flexibility index (Phi) is 3.75. The second-order valence-electron chi connectivity index (χ2n) is 4.15. The minimum absolute atomic E-state index is 0.311. The van der Waals surface area contributed by atoms with Gasteiger partial charge in [-0.3, -0.25) is 0 Å². The van der Waals surface area contributed by atoms with Crippen LogP contribution in [0.2, 0.25) is 0 Å². The number of ether oxygens (including phenoxy) is 1. The fourth-order valence-electron chi connectivity index (χ4n) is 1.70. The fourth-order valence-corrected chi connectivity index (χ4v) is 1.70. The number of aromatic nitrogens is 2. The highest BCUT2D eigenvalue weighted by Gasteiger charge is 2.14. The zero-order valence-corrected chi connectivity index (χ0v) is 11.1. The van der Waals surface area contributed by atoms with Crippen molar-refractivity contribution >= 4 is 17.5 Å². The molecule has 2 aromatic rings. The van der Waals surface area contributed by atoms with Crippen LogP contribution in [0.5, 0.6) is 0 Å². The number of hydrogen-bond acceptors (Lipinski definition) is 5. The van der Waals surface area contributed by atoms with Crippen molar-refractivity contribution in [3.05, 3.63) is 47.4 Å². The minimum atomic E-state index is -0.464. The topological polar surface area (TPSA) is 64.1 Å². The van der Waals surface area contributed by atoms with Gasteiger partial charge in [0, 0.05) is 11.9 Å². The highest BCUT2D eigenvalue weighted by Crippen LogP contribution is 2.23. The van der Waals surface area contributed by atoms with Gasteiger partial charge in [-0.1, -0.05) is 12.1 Å². The Morgan fingerprint density at radius 2 is 2.11 bits per heavy atom. The number of methoxy groups -OCH3 is 1. The van der Waals surface area contributed by atoms with Crippen molar-refractivity contribution in [3.63, 3.8) is 0 Å². The molecule has 0 atom stereocenters. The summed E-state index contributed by atoms with van der Waals surface area (Å²) in [4.78, 5) is 19.6. The lowest BCUT2D eigenvalue weighted by Crippen LogP contribution is -2.08. The molecule has 2 rings (SSSR count). The number of hydrogen-bond donors (Lipinski definition) is 1. The number of esters is 1. The highest BCUT2D eigenvalue weighted by molar-refractivity contribution is 5.95. The van der Waals surface area contributed by atoms with Crippen molar-refractivity contribution in [1.29, 1.82) is 0 Å². The lowest BCUT2D eigenvalue weighted by Gasteiger charge is -2.12. The molecule has 0 spiro atoms. The molecule has 1 heterocycles. The number of carbonyl (C=O) groups is 1. The van der Waals surface area contributed by atoms with Gasteiger partial charge in [-0.05, 0) is 31.0 Å². The first-order chi connectivity index (χ1) is 9.13. The Morgan fingerprint density at radius 1 is 1.32 bits per heavy atom. The minimum Gasteiger partial charge on any atom is -0.465 e. The standard InChI is InChI=1S/C14H15N3O2/c1-9-5-4-6-12(10(9)2)17-13-11(14(18)19-3)7-15-8-16-13/h4-8H,1-3H3,(H,15,16,17). The second-order valence-corrected chi connectivity index (χ2v) is 4.15. The van der Waals surface area contributed by atoms with E-state index >= 15 is 0 Å². The molecule has 0 aliphatic rings. The predicted octanol–water partition coefficient (Wildman–Crippen LogP) is 2.62. The largest absolute Gasteiger partial charge is 0.465 e. The first kappa shape index (κ1) is 13.0. The summed E-state index contributed by atoms with van der Waals surface area (Å²) in [5.74, 6) is -0.0241. The van der Waals surface area contributed by atoms with E-state index in [1.54, 1.807) is 0 Å².